The van der Waals surface area contributed by atoms with Crippen molar-refractivity contribution in [2.24, 2.45) is 7.05 Å². The molecular weight excluding hydrogens is 276 g/mol. The molecular formula is C17H20N4O. The van der Waals surface area contributed by atoms with Crippen LogP contribution in [0.15, 0.2) is 36.4 Å². The second-order valence-electron chi connectivity index (χ2n) is 5.18. The van der Waals surface area contributed by atoms with E-state index in [-0.39, 0.29) is 5.91 Å². The Morgan fingerprint density at radius 1 is 1.27 bits per heavy atom. The number of aromatic nitrogens is 2. The van der Waals surface area contributed by atoms with Gasteiger partial charge in [0, 0.05) is 12.6 Å². The summed E-state index contributed by atoms with van der Waals surface area (Å²) in [6.07, 6.45) is 0. The average Bonchev–Trinajstić information content (AvgIpc) is 2.89. The Labute approximate surface area is 130 Å². The van der Waals surface area contributed by atoms with Gasteiger partial charge in [0.05, 0.1) is 18.8 Å². The van der Waals surface area contributed by atoms with Crippen molar-refractivity contribution in [2.75, 3.05) is 27.2 Å². The maximum Gasteiger partial charge on any atom is 0.270 e. The monoisotopic (exact) mass is 296 g/mol. The van der Waals surface area contributed by atoms with Crippen molar-refractivity contribution >= 4 is 5.91 Å². The zero-order valence-electron chi connectivity index (χ0n) is 13.1. The minimum absolute atomic E-state index is 0.170. The highest BCUT2D eigenvalue weighted by Crippen LogP contribution is 2.18. The number of hydrogen-bond donors (Lipinski definition) is 1. The summed E-state index contributed by atoms with van der Waals surface area (Å²) in [4.78, 5) is 14.1. The Bertz CT molecular complexity index is 692. The summed E-state index contributed by atoms with van der Waals surface area (Å²) in [7, 11) is 5.67. The van der Waals surface area contributed by atoms with Gasteiger partial charge in [-0.3, -0.25) is 14.4 Å². The van der Waals surface area contributed by atoms with E-state index in [1.54, 1.807) is 17.8 Å². The van der Waals surface area contributed by atoms with Gasteiger partial charge in [0.25, 0.3) is 5.91 Å². The molecule has 114 valence electrons. The molecule has 1 heterocycles. The van der Waals surface area contributed by atoms with Crippen molar-refractivity contribution in [3.05, 3.63) is 42.1 Å². The van der Waals surface area contributed by atoms with Gasteiger partial charge in [-0.2, -0.15) is 5.10 Å². The molecule has 2 aromatic rings. The summed E-state index contributed by atoms with van der Waals surface area (Å²) in [6.45, 7) is 1.01. The van der Waals surface area contributed by atoms with Crippen LogP contribution in [0.5, 0.6) is 0 Å². The molecule has 0 atom stereocenters. The third kappa shape index (κ3) is 4.21. The molecule has 1 N–H and O–H groups in total. The van der Waals surface area contributed by atoms with Gasteiger partial charge in [-0.1, -0.05) is 42.2 Å². The molecule has 0 aliphatic rings. The van der Waals surface area contributed by atoms with E-state index < -0.39 is 0 Å². The van der Waals surface area contributed by atoms with Crippen LogP contribution in [0.4, 0.5) is 0 Å². The fourth-order valence-corrected chi connectivity index (χ4v) is 1.92. The van der Waals surface area contributed by atoms with Gasteiger partial charge in [-0.05, 0) is 20.2 Å². The Balaban J connectivity index is 2.01. The van der Waals surface area contributed by atoms with Gasteiger partial charge in [-0.15, -0.1) is 0 Å². The number of aryl methyl sites for hydroxylation is 1. The molecule has 2 rings (SSSR count). The first kappa shape index (κ1) is 15.8. The number of nitrogens with zero attached hydrogens (tertiary/aromatic N) is 3. The van der Waals surface area contributed by atoms with Crippen LogP contribution in [0, 0.1) is 11.8 Å². The van der Waals surface area contributed by atoms with Crippen LogP contribution in [0.25, 0.3) is 11.3 Å². The number of benzene rings is 1. The van der Waals surface area contributed by atoms with Crippen LogP contribution < -0.4 is 5.32 Å². The van der Waals surface area contributed by atoms with Crippen LogP contribution in [0.2, 0.25) is 0 Å². The lowest BCUT2D eigenvalue weighted by atomic mass is 10.1. The highest BCUT2D eigenvalue weighted by Gasteiger charge is 2.13. The number of amides is 1. The zero-order chi connectivity index (χ0) is 15.9. The first-order chi connectivity index (χ1) is 10.6. The molecule has 0 spiro atoms. The number of carbonyl (C=O) groups is 1. The summed E-state index contributed by atoms with van der Waals surface area (Å²) in [6, 6.07) is 11.6. The van der Waals surface area contributed by atoms with Gasteiger partial charge < -0.3 is 5.32 Å². The topological polar surface area (TPSA) is 50.2 Å². The molecule has 0 saturated heterocycles. The first-order valence-corrected chi connectivity index (χ1v) is 7.06. The lowest BCUT2D eigenvalue weighted by Crippen LogP contribution is -2.26. The summed E-state index contributed by atoms with van der Waals surface area (Å²) in [5.74, 6) is 5.73. The third-order valence-electron chi connectivity index (χ3n) is 3.04. The summed E-state index contributed by atoms with van der Waals surface area (Å²) >= 11 is 0. The Hall–Kier alpha value is -2.58. The zero-order valence-corrected chi connectivity index (χ0v) is 13.1. The first-order valence-electron chi connectivity index (χ1n) is 7.06. The molecule has 0 aliphatic heterocycles. The molecule has 0 fully saturated rings. The molecule has 0 bridgehead atoms. The molecule has 1 aromatic heterocycles. The van der Waals surface area contributed by atoms with Crippen molar-refractivity contribution in [3.8, 4) is 23.1 Å². The summed E-state index contributed by atoms with van der Waals surface area (Å²) in [5, 5.41) is 7.17. The van der Waals surface area contributed by atoms with E-state index >= 15 is 0 Å². The van der Waals surface area contributed by atoms with Crippen molar-refractivity contribution in [2.45, 2.75) is 0 Å². The summed E-state index contributed by atoms with van der Waals surface area (Å²) < 4.78 is 1.59. The van der Waals surface area contributed by atoms with Gasteiger partial charge in [-0.25, -0.2) is 0 Å². The average molecular weight is 296 g/mol. The number of carbonyl (C=O) groups excluding carboxylic acids is 1. The minimum Gasteiger partial charge on any atom is -0.340 e. The van der Waals surface area contributed by atoms with Crippen molar-refractivity contribution < 1.29 is 4.79 Å². The van der Waals surface area contributed by atoms with Crippen molar-refractivity contribution in [1.29, 1.82) is 0 Å². The van der Waals surface area contributed by atoms with Crippen LogP contribution in [-0.2, 0) is 7.05 Å². The molecule has 5 heteroatoms. The van der Waals surface area contributed by atoms with Crippen LogP contribution in [0.3, 0.4) is 0 Å². The molecule has 1 aromatic carbocycles. The Morgan fingerprint density at radius 3 is 2.68 bits per heavy atom. The summed E-state index contributed by atoms with van der Waals surface area (Å²) in [5.41, 5.74) is 2.29. The predicted molar refractivity (Wildman–Crippen MR) is 87.3 cm³/mol. The van der Waals surface area contributed by atoms with Crippen LogP contribution in [0.1, 0.15) is 10.5 Å². The van der Waals surface area contributed by atoms with Crippen molar-refractivity contribution in [1.82, 2.24) is 20.0 Å². The fourth-order valence-electron chi connectivity index (χ4n) is 1.92. The largest absolute Gasteiger partial charge is 0.340 e. The quantitative estimate of drug-likeness (QED) is 0.867. The maximum absolute atomic E-state index is 12.2. The molecule has 0 aliphatic carbocycles. The van der Waals surface area contributed by atoms with Gasteiger partial charge >= 0.3 is 0 Å². The van der Waals surface area contributed by atoms with Gasteiger partial charge in [0.15, 0.2) is 0 Å². The van der Waals surface area contributed by atoms with Crippen molar-refractivity contribution in [3.63, 3.8) is 0 Å². The fraction of sp³-hybridized carbons (Fsp3) is 0.294. The van der Waals surface area contributed by atoms with Gasteiger partial charge in [0.2, 0.25) is 0 Å². The van der Waals surface area contributed by atoms with E-state index in [0.717, 1.165) is 11.3 Å². The molecule has 0 unspecified atom stereocenters. The Kier molecular flexibility index (Phi) is 5.34. The maximum atomic E-state index is 12.2. The van der Waals surface area contributed by atoms with Crippen LogP contribution >= 0.6 is 0 Å². The lowest BCUT2D eigenvalue weighted by molar-refractivity contribution is 0.0949. The van der Waals surface area contributed by atoms with Gasteiger partial charge in [0.1, 0.15) is 5.69 Å². The number of nitrogens with one attached hydrogen (secondary N) is 1. The standard InChI is InChI=1S/C17H20N4O/c1-20(2)12-8-7-11-18-17(22)16-13-15(19-21(16)3)14-9-5-4-6-10-14/h4-6,9-10,13H,11-12H2,1-3H3,(H,18,22). The predicted octanol–water partition coefficient (Wildman–Crippen LogP) is 1.38. The normalized spacial score (nSPS) is 10.2. The highest BCUT2D eigenvalue weighted by molar-refractivity contribution is 5.93. The minimum atomic E-state index is -0.170. The SMILES string of the molecule is CN(C)CC#CCNC(=O)c1cc(-c2ccccc2)nn1C. The molecule has 1 amide bonds. The molecule has 0 radical (unpaired) electrons. The van der Waals surface area contributed by atoms with Crippen LogP contribution in [-0.4, -0.2) is 47.8 Å². The van der Waals surface area contributed by atoms with E-state index in [1.807, 2.05) is 49.3 Å². The second kappa shape index (κ2) is 7.43. The van der Waals surface area contributed by atoms with E-state index in [9.17, 15) is 4.79 Å². The smallest absolute Gasteiger partial charge is 0.270 e. The highest BCUT2D eigenvalue weighted by atomic mass is 16.2. The molecule has 0 saturated carbocycles. The number of rotatable bonds is 4. The van der Waals surface area contributed by atoms with E-state index in [2.05, 4.69) is 22.3 Å². The van der Waals surface area contributed by atoms with E-state index in [4.69, 9.17) is 0 Å². The molecule has 22 heavy (non-hydrogen) atoms. The van der Waals surface area contributed by atoms with E-state index in [0.29, 0.717) is 18.8 Å². The lowest BCUT2D eigenvalue weighted by Gasteiger charge is -2.02. The molecule has 5 nitrogen and oxygen atoms in total. The number of hydrogen-bond acceptors (Lipinski definition) is 3. The Morgan fingerprint density at radius 2 is 2.00 bits per heavy atom. The van der Waals surface area contributed by atoms with E-state index in [1.165, 1.54) is 0 Å². The second-order valence-corrected chi connectivity index (χ2v) is 5.18. The third-order valence-corrected chi connectivity index (χ3v) is 3.04.